The highest BCUT2D eigenvalue weighted by Crippen LogP contribution is 2.21. The molecule has 64 valence electrons. The number of carboxylic acids is 1. The van der Waals surface area contributed by atoms with Gasteiger partial charge in [0.25, 0.3) is 0 Å². The van der Waals surface area contributed by atoms with Crippen molar-refractivity contribution in [3.8, 4) is 0 Å². The summed E-state index contributed by atoms with van der Waals surface area (Å²) >= 11 is 7.65. The number of aliphatic carboxylic acids is 1. The van der Waals surface area contributed by atoms with Gasteiger partial charge in [-0.2, -0.15) is 0 Å². The van der Waals surface area contributed by atoms with Crippen LogP contribution in [0.5, 0.6) is 0 Å². The van der Waals surface area contributed by atoms with Crippen LogP contribution in [0.2, 0.25) is 0 Å². The van der Waals surface area contributed by atoms with Crippen LogP contribution in [0.15, 0.2) is 0 Å². The Hall–Kier alpha value is 0.260. The fourth-order valence-electron chi connectivity index (χ4n) is 0.347. The predicted molar refractivity (Wildman–Crippen MR) is 55.4 cm³/mol. The molecule has 0 amide bonds. The molecule has 0 radical (unpaired) electrons. The van der Waals surface area contributed by atoms with Gasteiger partial charge in [-0.1, -0.05) is 30.9 Å². The highest BCUT2D eigenvalue weighted by Gasteiger charge is 2.13. The van der Waals surface area contributed by atoms with Gasteiger partial charge in [0, 0.05) is 0 Å². The first-order valence-corrected chi connectivity index (χ1v) is 5.41. The van der Waals surface area contributed by atoms with Crippen molar-refractivity contribution in [1.82, 2.24) is 0 Å². The van der Waals surface area contributed by atoms with E-state index < -0.39 is 11.2 Å². The summed E-state index contributed by atoms with van der Waals surface area (Å²) in [7, 11) is 0. The number of hydrogen-bond donors (Lipinski definition) is 1. The molecule has 2 nitrogen and oxygen atoms in total. The summed E-state index contributed by atoms with van der Waals surface area (Å²) in [5, 5.41) is 8.08. The lowest BCUT2D eigenvalue weighted by Crippen LogP contribution is -2.12. The topological polar surface area (TPSA) is 37.3 Å². The zero-order valence-corrected chi connectivity index (χ0v) is 8.81. The van der Waals surface area contributed by atoms with Crippen LogP contribution in [-0.4, -0.2) is 25.6 Å². The van der Waals surface area contributed by atoms with Crippen LogP contribution in [0.25, 0.3) is 0 Å². The lowest BCUT2D eigenvalue weighted by atomic mass is 10.5. The molecule has 0 aliphatic heterocycles. The minimum Gasteiger partial charge on any atom is -0.480 e. The third-order valence-corrected chi connectivity index (χ3v) is 3.44. The monoisotopic (exact) mass is 210 g/mol. The number of thioether (sulfide) groups is 2. The molecule has 0 aliphatic rings. The van der Waals surface area contributed by atoms with E-state index in [1.807, 2.05) is 6.92 Å². The van der Waals surface area contributed by atoms with E-state index in [4.69, 9.17) is 17.3 Å². The van der Waals surface area contributed by atoms with E-state index in [1.165, 1.54) is 23.5 Å². The molecule has 0 saturated heterocycles. The van der Waals surface area contributed by atoms with E-state index in [2.05, 4.69) is 0 Å². The van der Waals surface area contributed by atoms with Crippen LogP contribution in [0.1, 0.15) is 13.8 Å². The average Bonchev–Trinajstić information content (AvgIpc) is 1.87. The predicted octanol–water partition coefficient (Wildman–Crippen LogP) is 2.23. The van der Waals surface area contributed by atoms with Crippen LogP contribution in [-0.2, 0) is 4.79 Å². The summed E-state index contributed by atoms with van der Waals surface area (Å²) in [6, 6.07) is 0. The molecule has 0 fully saturated rings. The van der Waals surface area contributed by atoms with E-state index >= 15 is 0 Å². The Morgan fingerprint density at radius 2 is 2.27 bits per heavy atom. The summed E-state index contributed by atoms with van der Waals surface area (Å²) in [5.74, 6) is 0.0899. The summed E-state index contributed by atoms with van der Waals surface area (Å²) in [6.45, 7) is 3.62. The normalized spacial score (nSPS) is 12.5. The Balaban J connectivity index is 3.66. The van der Waals surface area contributed by atoms with Crippen LogP contribution in [0.4, 0.5) is 0 Å². The Morgan fingerprint density at radius 1 is 1.73 bits per heavy atom. The summed E-state index contributed by atoms with van der Waals surface area (Å²) in [4.78, 5) is 10.3. The molecule has 0 bridgehead atoms. The van der Waals surface area contributed by atoms with Crippen molar-refractivity contribution in [2.75, 3.05) is 5.75 Å². The minimum atomic E-state index is -0.811. The maximum atomic E-state index is 10.3. The highest BCUT2D eigenvalue weighted by atomic mass is 32.2. The van der Waals surface area contributed by atoms with Gasteiger partial charge in [0.15, 0.2) is 0 Å². The second-order valence-electron chi connectivity index (χ2n) is 1.78. The second kappa shape index (κ2) is 5.85. The van der Waals surface area contributed by atoms with Crippen molar-refractivity contribution in [3.63, 3.8) is 0 Å². The fraction of sp³-hybridized carbons (Fsp3) is 0.667. The fourth-order valence-corrected chi connectivity index (χ4v) is 2.82. The molecule has 0 rings (SSSR count). The molecule has 0 saturated carbocycles. The van der Waals surface area contributed by atoms with Gasteiger partial charge < -0.3 is 5.11 Å². The zero-order chi connectivity index (χ0) is 8.85. The van der Waals surface area contributed by atoms with Gasteiger partial charge in [-0.15, -0.1) is 11.8 Å². The number of hydrogen-bond acceptors (Lipinski definition) is 4. The largest absolute Gasteiger partial charge is 0.480 e. The molecule has 0 heterocycles. The number of rotatable bonds is 3. The lowest BCUT2D eigenvalue weighted by Gasteiger charge is -2.04. The summed E-state index contributed by atoms with van der Waals surface area (Å²) < 4.78 is 0.711. The first kappa shape index (κ1) is 11.3. The van der Waals surface area contributed by atoms with Gasteiger partial charge >= 0.3 is 5.97 Å². The SMILES string of the molecule is CCSC(=S)SC(C)C(=O)O. The maximum Gasteiger partial charge on any atom is 0.316 e. The molecule has 5 heteroatoms. The zero-order valence-electron chi connectivity index (χ0n) is 6.36. The van der Waals surface area contributed by atoms with Gasteiger partial charge in [0.05, 0.1) is 0 Å². The van der Waals surface area contributed by atoms with Gasteiger partial charge in [-0.3, -0.25) is 4.79 Å². The average molecular weight is 210 g/mol. The minimum absolute atomic E-state index is 0.429. The van der Waals surface area contributed by atoms with Crippen LogP contribution in [0.3, 0.4) is 0 Å². The highest BCUT2D eigenvalue weighted by molar-refractivity contribution is 8.47. The number of carboxylic acid groups (broad SMARTS) is 1. The van der Waals surface area contributed by atoms with Gasteiger partial charge in [0.2, 0.25) is 0 Å². The van der Waals surface area contributed by atoms with E-state index in [9.17, 15) is 4.79 Å². The van der Waals surface area contributed by atoms with Crippen molar-refractivity contribution >= 4 is 45.2 Å². The van der Waals surface area contributed by atoms with Crippen LogP contribution >= 0.6 is 35.7 Å². The molecule has 1 N–H and O–H groups in total. The molecule has 0 aromatic carbocycles. The summed E-state index contributed by atoms with van der Waals surface area (Å²) in [5.41, 5.74) is 0. The van der Waals surface area contributed by atoms with Crippen LogP contribution in [0, 0.1) is 0 Å². The van der Waals surface area contributed by atoms with E-state index in [-0.39, 0.29) is 0 Å². The van der Waals surface area contributed by atoms with E-state index in [0.717, 1.165) is 5.75 Å². The molecule has 11 heavy (non-hydrogen) atoms. The number of carbonyl (C=O) groups is 1. The van der Waals surface area contributed by atoms with Gasteiger partial charge in [-0.05, 0) is 12.7 Å². The number of thiocarbonyl (C=S) groups is 1. The Labute approximate surface area is 80.1 Å². The summed E-state index contributed by atoms with van der Waals surface area (Å²) in [6.07, 6.45) is 0. The van der Waals surface area contributed by atoms with Crippen molar-refractivity contribution in [1.29, 1.82) is 0 Å². The molecular formula is C6H10O2S3. The molecule has 1 atom stereocenters. The van der Waals surface area contributed by atoms with Crippen LogP contribution < -0.4 is 0 Å². The maximum absolute atomic E-state index is 10.3. The van der Waals surface area contributed by atoms with E-state index in [0.29, 0.717) is 3.53 Å². The first-order valence-electron chi connectivity index (χ1n) is 3.14. The van der Waals surface area contributed by atoms with Crippen molar-refractivity contribution in [2.24, 2.45) is 0 Å². The molecule has 0 aliphatic carbocycles. The van der Waals surface area contributed by atoms with Crippen molar-refractivity contribution < 1.29 is 9.90 Å². The molecule has 0 spiro atoms. The quantitative estimate of drug-likeness (QED) is 0.723. The molecule has 1 unspecified atom stereocenters. The van der Waals surface area contributed by atoms with Crippen molar-refractivity contribution in [2.45, 2.75) is 19.1 Å². The van der Waals surface area contributed by atoms with Gasteiger partial charge in [0.1, 0.15) is 8.78 Å². The Bertz CT molecular complexity index is 158. The van der Waals surface area contributed by atoms with Gasteiger partial charge in [-0.25, -0.2) is 0 Å². The third-order valence-electron chi connectivity index (χ3n) is 0.883. The standard InChI is InChI=1S/C6H10O2S3/c1-3-10-6(9)11-4(2)5(7)8/h4H,3H2,1-2H3,(H,7,8). The third kappa shape index (κ3) is 5.52. The van der Waals surface area contributed by atoms with Crippen molar-refractivity contribution in [3.05, 3.63) is 0 Å². The molecule has 0 aromatic rings. The Kier molecular flexibility index (Phi) is 5.99. The smallest absolute Gasteiger partial charge is 0.316 e. The second-order valence-corrected chi connectivity index (χ2v) is 5.59. The molecular weight excluding hydrogens is 200 g/mol. The van der Waals surface area contributed by atoms with E-state index in [1.54, 1.807) is 6.92 Å². The first-order chi connectivity index (χ1) is 5.07. The lowest BCUT2D eigenvalue weighted by molar-refractivity contribution is -0.136. The molecule has 0 aromatic heterocycles. The Morgan fingerprint density at radius 3 is 2.64 bits per heavy atom.